The van der Waals surface area contributed by atoms with Gasteiger partial charge in [-0.2, -0.15) is 13.2 Å². The van der Waals surface area contributed by atoms with E-state index in [1.165, 1.54) is 25.3 Å². The van der Waals surface area contributed by atoms with E-state index in [2.05, 4.69) is 9.29 Å². The third-order valence-corrected chi connectivity index (χ3v) is 8.66. The lowest BCUT2D eigenvalue weighted by atomic mass is 9.89. The minimum atomic E-state index is -4.68. The normalized spacial score (nSPS) is 16.7. The van der Waals surface area contributed by atoms with E-state index in [-0.39, 0.29) is 17.9 Å². The van der Waals surface area contributed by atoms with E-state index in [1.54, 1.807) is 19.9 Å². The molecule has 0 bridgehead atoms. The molecule has 34 heavy (non-hydrogen) atoms. The summed E-state index contributed by atoms with van der Waals surface area (Å²) in [5, 5.41) is 15.0. The molecule has 190 valence electrons. The maximum Gasteiger partial charge on any atom is 0.417 e. The molecule has 1 aliphatic rings. The van der Waals surface area contributed by atoms with E-state index < -0.39 is 28.3 Å². The molecule has 1 heterocycles. The Morgan fingerprint density at radius 2 is 1.88 bits per heavy atom. The largest absolute Gasteiger partial charge is 0.417 e. The van der Waals surface area contributed by atoms with Crippen LogP contribution in [0.2, 0.25) is 0 Å². The Morgan fingerprint density at radius 3 is 2.47 bits per heavy atom. The zero-order chi connectivity index (χ0) is 25.1. The second-order valence-electron chi connectivity index (χ2n) is 9.65. The van der Waals surface area contributed by atoms with Crippen LogP contribution in [-0.4, -0.2) is 26.0 Å². The second-order valence-corrected chi connectivity index (χ2v) is 11.5. The monoisotopic (exact) mass is 517 g/mol. The average molecular weight is 518 g/mol. The van der Waals surface area contributed by atoms with Crippen LogP contribution in [0.1, 0.15) is 63.6 Å². The van der Waals surface area contributed by atoms with E-state index in [1.807, 2.05) is 13.0 Å². The van der Waals surface area contributed by atoms with Gasteiger partial charge in [-0.05, 0) is 81.7 Å². The van der Waals surface area contributed by atoms with E-state index in [9.17, 15) is 22.5 Å². The zero-order valence-electron chi connectivity index (χ0n) is 19.9. The van der Waals surface area contributed by atoms with Crippen molar-refractivity contribution < 1.29 is 22.5 Å². The van der Waals surface area contributed by atoms with Crippen LogP contribution in [0.4, 0.5) is 13.2 Å². The van der Waals surface area contributed by atoms with Crippen LogP contribution < -0.4 is 9.86 Å². The van der Waals surface area contributed by atoms with Crippen molar-refractivity contribution in [2.45, 2.75) is 87.3 Å². The van der Waals surface area contributed by atoms with Gasteiger partial charge in [0.2, 0.25) is 0 Å². The molecule has 1 unspecified atom stereocenters. The number of hydrogen-bond donors (Lipinski definition) is 3. The summed E-state index contributed by atoms with van der Waals surface area (Å²) in [7, 11) is -2.10. The van der Waals surface area contributed by atoms with E-state index in [0.717, 1.165) is 48.0 Å². The van der Waals surface area contributed by atoms with Gasteiger partial charge in [-0.1, -0.05) is 25.3 Å². The molecular formula is C24H34F3N3O2S2. The summed E-state index contributed by atoms with van der Waals surface area (Å²) in [6.07, 6.45) is 1.39. The zero-order valence-corrected chi connectivity index (χ0v) is 21.5. The van der Waals surface area contributed by atoms with Crippen molar-refractivity contribution in [3.05, 3.63) is 35.5 Å². The van der Waals surface area contributed by atoms with Crippen molar-refractivity contribution in [1.29, 1.82) is 0 Å². The molecule has 0 spiro atoms. The highest BCUT2D eigenvalue weighted by Crippen LogP contribution is 2.39. The van der Waals surface area contributed by atoms with Crippen molar-refractivity contribution >= 4 is 22.9 Å². The first-order valence-corrected chi connectivity index (χ1v) is 13.6. The molecule has 1 aliphatic carbocycles. The Hall–Kier alpha value is -1.33. The SMILES string of the molecule is Cc1c(SN)cc(-c2ccc(S(=O)NC(C)(C)CCO)c(C(F)(F)F)c2)n1CC1CCCCC1. The van der Waals surface area contributed by atoms with Crippen molar-refractivity contribution in [2.75, 3.05) is 6.61 Å². The molecule has 4 N–H and O–H groups in total. The van der Waals surface area contributed by atoms with Gasteiger partial charge in [-0.15, -0.1) is 0 Å². The molecule has 1 fully saturated rings. The number of aliphatic hydroxyl groups is 1. The van der Waals surface area contributed by atoms with Crippen molar-refractivity contribution in [1.82, 2.24) is 9.29 Å². The fourth-order valence-electron chi connectivity index (χ4n) is 4.55. The summed E-state index contributed by atoms with van der Waals surface area (Å²) in [5.74, 6) is 0.487. The summed E-state index contributed by atoms with van der Waals surface area (Å²) in [4.78, 5) is 0.511. The number of aliphatic hydroxyl groups excluding tert-OH is 1. The van der Waals surface area contributed by atoms with Crippen LogP contribution in [0.25, 0.3) is 11.3 Å². The van der Waals surface area contributed by atoms with Crippen molar-refractivity contribution in [3.8, 4) is 11.3 Å². The second kappa shape index (κ2) is 11.2. The first kappa shape index (κ1) is 27.3. The average Bonchev–Trinajstić information content (AvgIpc) is 3.08. The number of nitrogens with one attached hydrogen (secondary N) is 1. The Morgan fingerprint density at radius 1 is 1.21 bits per heavy atom. The van der Waals surface area contributed by atoms with Gasteiger partial charge in [0.1, 0.15) is 11.0 Å². The highest BCUT2D eigenvalue weighted by molar-refractivity contribution is 7.97. The summed E-state index contributed by atoms with van der Waals surface area (Å²) in [5.41, 5.74) is 0.330. The molecular weight excluding hydrogens is 483 g/mol. The van der Waals surface area contributed by atoms with Gasteiger partial charge < -0.3 is 9.67 Å². The Balaban J connectivity index is 2.03. The minimum absolute atomic E-state index is 0.166. The van der Waals surface area contributed by atoms with Crippen LogP contribution in [0.5, 0.6) is 0 Å². The number of alkyl halides is 3. The van der Waals surface area contributed by atoms with Crippen molar-refractivity contribution in [3.63, 3.8) is 0 Å². The van der Waals surface area contributed by atoms with E-state index in [4.69, 9.17) is 5.14 Å². The van der Waals surface area contributed by atoms with Gasteiger partial charge in [-0.3, -0.25) is 5.14 Å². The summed E-state index contributed by atoms with van der Waals surface area (Å²) >= 11 is 1.09. The molecule has 5 nitrogen and oxygen atoms in total. The first-order valence-electron chi connectivity index (χ1n) is 11.6. The minimum Gasteiger partial charge on any atom is -0.396 e. The molecule has 1 saturated carbocycles. The van der Waals surface area contributed by atoms with E-state index in [0.29, 0.717) is 17.2 Å². The molecule has 1 aromatic heterocycles. The van der Waals surface area contributed by atoms with Gasteiger partial charge in [0.25, 0.3) is 0 Å². The first-order chi connectivity index (χ1) is 16.0. The van der Waals surface area contributed by atoms with Gasteiger partial charge in [0, 0.05) is 35.0 Å². The lowest BCUT2D eigenvalue weighted by molar-refractivity contribution is -0.139. The number of halogens is 3. The lowest BCUT2D eigenvalue weighted by Gasteiger charge is -2.26. The number of hydrogen-bond acceptors (Lipinski definition) is 4. The van der Waals surface area contributed by atoms with Gasteiger partial charge in [0.15, 0.2) is 0 Å². The highest BCUT2D eigenvalue weighted by atomic mass is 32.2. The number of rotatable bonds is 9. The third kappa shape index (κ3) is 6.46. The Labute approximate surface area is 206 Å². The molecule has 2 aromatic rings. The fraction of sp³-hybridized carbons (Fsp3) is 0.583. The molecule has 10 heteroatoms. The van der Waals surface area contributed by atoms with Crippen molar-refractivity contribution in [2.24, 2.45) is 11.1 Å². The summed E-state index contributed by atoms with van der Waals surface area (Å²) in [6, 6.07) is 5.82. The van der Waals surface area contributed by atoms with Gasteiger partial charge in [-0.25, -0.2) is 8.93 Å². The summed E-state index contributed by atoms with van der Waals surface area (Å²) in [6.45, 7) is 5.91. The quantitative estimate of drug-likeness (QED) is 0.367. The standard InChI is InChI=1S/C24H34F3N3O2S2/c1-16-21(33-28)14-20(30(16)15-17-7-5-4-6-8-17)18-9-10-22(19(13-18)24(25,26)27)34(32)29-23(2,3)11-12-31/h9-10,13-14,17,29,31H,4-8,11-12,15,28H2,1-3H3. The molecule has 0 amide bonds. The molecule has 1 aromatic carbocycles. The molecule has 3 rings (SSSR count). The Kier molecular flexibility index (Phi) is 8.95. The number of nitrogens with zero attached hydrogens (tertiary/aromatic N) is 1. The fourth-order valence-corrected chi connectivity index (χ4v) is 6.29. The van der Waals surface area contributed by atoms with Crippen LogP contribution in [0.3, 0.4) is 0 Å². The van der Waals surface area contributed by atoms with Crippen LogP contribution >= 0.6 is 11.9 Å². The topological polar surface area (TPSA) is 80.3 Å². The maximum absolute atomic E-state index is 14.1. The molecule has 0 radical (unpaired) electrons. The van der Waals surface area contributed by atoms with Crippen LogP contribution in [0, 0.1) is 12.8 Å². The predicted octanol–water partition coefficient (Wildman–Crippen LogP) is 5.80. The lowest BCUT2D eigenvalue weighted by Crippen LogP contribution is -2.41. The molecule has 0 saturated heterocycles. The van der Waals surface area contributed by atoms with Crippen LogP contribution in [-0.2, 0) is 23.7 Å². The Bertz CT molecular complexity index is 1020. The van der Waals surface area contributed by atoms with Gasteiger partial charge >= 0.3 is 6.18 Å². The third-order valence-electron chi connectivity index (χ3n) is 6.50. The number of aromatic nitrogens is 1. The highest BCUT2D eigenvalue weighted by Gasteiger charge is 2.36. The maximum atomic E-state index is 14.1. The van der Waals surface area contributed by atoms with E-state index >= 15 is 0 Å². The number of nitrogens with two attached hydrogens (primary N) is 1. The number of benzene rings is 1. The smallest absolute Gasteiger partial charge is 0.396 e. The van der Waals surface area contributed by atoms with Gasteiger partial charge in [0.05, 0.1) is 10.5 Å². The molecule has 1 atom stereocenters. The summed E-state index contributed by atoms with van der Waals surface area (Å²) < 4.78 is 59.9. The van der Waals surface area contributed by atoms with Crippen LogP contribution in [0.15, 0.2) is 34.1 Å². The molecule has 0 aliphatic heterocycles. The predicted molar refractivity (Wildman–Crippen MR) is 132 cm³/mol.